The van der Waals surface area contributed by atoms with Crippen LogP contribution in [0.3, 0.4) is 0 Å². The van der Waals surface area contributed by atoms with E-state index in [4.69, 9.17) is 9.47 Å². The van der Waals surface area contributed by atoms with Crippen molar-refractivity contribution in [2.75, 3.05) is 30.0 Å². The highest BCUT2D eigenvalue weighted by atomic mass is 32.2. The van der Waals surface area contributed by atoms with E-state index in [1.165, 1.54) is 34.4 Å². The molecule has 3 aromatic rings. The largest absolute Gasteiger partial charge is 0.494 e. The van der Waals surface area contributed by atoms with Gasteiger partial charge in [0.15, 0.2) is 4.80 Å². The van der Waals surface area contributed by atoms with Crippen molar-refractivity contribution < 1.29 is 23.9 Å². The molecule has 11 heteroatoms. The van der Waals surface area contributed by atoms with Crippen molar-refractivity contribution in [2.24, 2.45) is 4.99 Å². The molecule has 0 bridgehead atoms. The Morgan fingerprint density at radius 3 is 2.65 bits per heavy atom. The molecule has 1 aliphatic rings. The van der Waals surface area contributed by atoms with Crippen LogP contribution in [0.25, 0.3) is 10.2 Å². The van der Waals surface area contributed by atoms with Crippen LogP contribution < -0.4 is 14.9 Å². The van der Waals surface area contributed by atoms with Crippen molar-refractivity contribution in [3.8, 4) is 5.75 Å². The monoisotopic (exact) mass is 561 g/mol. The van der Waals surface area contributed by atoms with E-state index in [2.05, 4.69) is 10.3 Å². The SMILES string of the molecule is CCOC(=O)c1c(NC(=O)CSCC(=O)N=c2sc3cc(OCC)ccc3n2CC)sc2c1CCCC2. The van der Waals surface area contributed by atoms with Gasteiger partial charge in [-0.2, -0.15) is 4.99 Å². The van der Waals surface area contributed by atoms with Crippen molar-refractivity contribution in [2.45, 2.75) is 53.0 Å². The van der Waals surface area contributed by atoms with Crippen molar-refractivity contribution in [3.63, 3.8) is 0 Å². The van der Waals surface area contributed by atoms with Crippen molar-refractivity contribution in [1.82, 2.24) is 4.57 Å². The molecule has 1 aliphatic carbocycles. The summed E-state index contributed by atoms with van der Waals surface area (Å²) in [5.74, 6) is 0.0216. The third-order valence-corrected chi connectivity index (χ3v) is 9.03. The van der Waals surface area contributed by atoms with E-state index in [1.807, 2.05) is 36.6 Å². The molecule has 37 heavy (non-hydrogen) atoms. The maximum Gasteiger partial charge on any atom is 0.341 e. The van der Waals surface area contributed by atoms with Crippen molar-refractivity contribution in [3.05, 3.63) is 39.0 Å². The lowest BCUT2D eigenvalue weighted by molar-refractivity contribution is -0.115. The summed E-state index contributed by atoms with van der Waals surface area (Å²) in [6.07, 6.45) is 3.84. The summed E-state index contributed by atoms with van der Waals surface area (Å²) < 4.78 is 13.8. The fraction of sp³-hybridized carbons (Fsp3) is 0.462. The fourth-order valence-corrected chi connectivity index (χ4v) is 7.34. The first kappa shape index (κ1) is 27.4. The second-order valence-corrected chi connectivity index (χ2v) is 11.5. The average molecular weight is 562 g/mol. The number of aromatic nitrogens is 1. The Morgan fingerprint density at radius 1 is 1.08 bits per heavy atom. The first-order valence-electron chi connectivity index (χ1n) is 12.5. The number of thiazole rings is 1. The minimum Gasteiger partial charge on any atom is -0.494 e. The molecule has 0 unspecified atom stereocenters. The van der Waals surface area contributed by atoms with E-state index in [9.17, 15) is 14.4 Å². The number of ether oxygens (including phenoxy) is 2. The Kier molecular flexibility index (Phi) is 9.44. The van der Waals surface area contributed by atoms with Crippen LogP contribution >= 0.6 is 34.4 Å². The number of nitrogens with zero attached hydrogens (tertiary/aromatic N) is 2. The number of carbonyl (C=O) groups excluding carboxylic acids is 3. The molecule has 1 aromatic carbocycles. The Hall–Kier alpha value is -2.63. The number of hydrogen-bond acceptors (Lipinski definition) is 8. The van der Waals surface area contributed by atoms with E-state index in [1.54, 1.807) is 6.92 Å². The molecule has 0 radical (unpaired) electrons. The first-order valence-corrected chi connectivity index (χ1v) is 15.3. The molecule has 2 heterocycles. The van der Waals surface area contributed by atoms with Gasteiger partial charge in [0.25, 0.3) is 5.91 Å². The lowest BCUT2D eigenvalue weighted by atomic mass is 9.95. The molecule has 0 saturated heterocycles. The number of benzene rings is 1. The smallest absolute Gasteiger partial charge is 0.341 e. The van der Waals surface area contributed by atoms with Gasteiger partial charge in [-0.25, -0.2) is 4.79 Å². The highest BCUT2D eigenvalue weighted by Crippen LogP contribution is 2.38. The van der Waals surface area contributed by atoms with E-state index in [0.717, 1.165) is 52.1 Å². The van der Waals surface area contributed by atoms with Crippen LogP contribution in [0, 0.1) is 0 Å². The molecule has 0 saturated carbocycles. The Labute approximate surface area is 228 Å². The molecular weight excluding hydrogens is 531 g/mol. The molecular formula is C26H31N3O5S3. The average Bonchev–Trinajstić information content (AvgIpc) is 3.40. The molecule has 0 aliphatic heterocycles. The van der Waals surface area contributed by atoms with Crippen molar-refractivity contribution >= 4 is 67.4 Å². The van der Waals surface area contributed by atoms with Crippen molar-refractivity contribution in [1.29, 1.82) is 0 Å². The van der Waals surface area contributed by atoms with Gasteiger partial charge in [-0.15, -0.1) is 23.1 Å². The third kappa shape index (κ3) is 6.45. The molecule has 0 fully saturated rings. The zero-order chi connectivity index (χ0) is 26.4. The quantitative estimate of drug-likeness (QED) is 0.348. The summed E-state index contributed by atoms with van der Waals surface area (Å²) in [5, 5.41) is 3.43. The number of amides is 2. The third-order valence-electron chi connectivity index (χ3n) is 5.86. The van der Waals surface area contributed by atoms with E-state index >= 15 is 0 Å². The maximum absolute atomic E-state index is 12.7. The van der Waals surface area contributed by atoms with Gasteiger partial charge in [0, 0.05) is 11.4 Å². The van der Waals surface area contributed by atoms with Crippen LogP contribution in [0.15, 0.2) is 23.2 Å². The molecule has 0 spiro atoms. The maximum atomic E-state index is 12.7. The lowest BCUT2D eigenvalue weighted by Gasteiger charge is -2.12. The van der Waals surface area contributed by atoms with Crippen LogP contribution in [0.5, 0.6) is 5.75 Å². The standard InChI is InChI=1S/C26H31N3O5S3/c1-4-29-18-12-11-16(33-5-2)13-20(18)37-26(29)28-22(31)15-35-14-21(30)27-24-23(25(32)34-6-3)17-9-7-8-10-19(17)36-24/h11-13H,4-10,14-15H2,1-3H3,(H,27,30). The van der Waals surface area contributed by atoms with Gasteiger partial charge in [-0.05, 0) is 70.2 Å². The molecule has 2 amide bonds. The van der Waals surface area contributed by atoms with Crippen LogP contribution in [-0.4, -0.2) is 47.1 Å². The van der Waals surface area contributed by atoms with E-state index < -0.39 is 0 Å². The Morgan fingerprint density at radius 2 is 1.89 bits per heavy atom. The predicted molar refractivity (Wildman–Crippen MR) is 150 cm³/mol. The highest BCUT2D eigenvalue weighted by molar-refractivity contribution is 8.00. The van der Waals surface area contributed by atoms with E-state index in [-0.39, 0.29) is 35.9 Å². The molecule has 4 rings (SSSR count). The second kappa shape index (κ2) is 12.7. The number of fused-ring (bicyclic) bond motifs is 2. The zero-order valence-corrected chi connectivity index (χ0v) is 23.7. The summed E-state index contributed by atoms with van der Waals surface area (Å²) in [4.78, 5) is 44.0. The summed E-state index contributed by atoms with van der Waals surface area (Å²) in [6, 6.07) is 5.86. The molecule has 0 atom stereocenters. The number of rotatable bonds is 10. The van der Waals surface area contributed by atoms with Gasteiger partial charge in [0.1, 0.15) is 10.8 Å². The topological polar surface area (TPSA) is 99.0 Å². The molecule has 198 valence electrons. The second-order valence-electron chi connectivity index (χ2n) is 8.37. The number of hydrogen-bond donors (Lipinski definition) is 1. The van der Waals surface area contributed by atoms with Crippen LogP contribution in [-0.2, 0) is 33.7 Å². The molecule has 8 nitrogen and oxygen atoms in total. The van der Waals surface area contributed by atoms with Gasteiger partial charge in [-0.3, -0.25) is 9.59 Å². The molecule has 2 aromatic heterocycles. The van der Waals surface area contributed by atoms with Gasteiger partial charge in [-0.1, -0.05) is 11.3 Å². The van der Waals surface area contributed by atoms with Gasteiger partial charge in [0.2, 0.25) is 5.91 Å². The number of esters is 1. The Balaban J connectivity index is 1.40. The normalized spacial score (nSPS) is 13.4. The zero-order valence-electron chi connectivity index (χ0n) is 21.3. The number of thioether (sulfide) groups is 1. The van der Waals surface area contributed by atoms with E-state index in [0.29, 0.717) is 28.5 Å². The molecule has 1 N–H and O–H groups in total. The summed E-state index contributed by atoms with van der Waals surface area (Å²) >= 11 is 4.11. The van der Waals surface area contributed by atoms with Crippen LogP contribution in [0.1, 0.15) is 54.4 Å². The number of thiophene rings is 1. The summed E-state index contributed by atoms with van der Waals surface area (Å²) in [7, 11) is 0. The number of anilines is 1. The Bertz CT molecular complexity index is 1370. The van der Waals surface area contributed by atoms with Gasteiger partial charge >= 0.3 is 5.97 Å². The predicted octanol–water partition coefficient (Wildman–Crippen LogP) is 5.04. The fourth-order valence-electron chi connectivity index (χ4n) is 4.31. The first-order chi connectivity index (χ1) is 17.9. The van der Waals surface area contributed by atoms with Crippen LogP contribution in [0.4, 0.5) is 5.00 Å². The minimum absolute atomic E-state index is 0.0846. The minimum atomic E-state index is -0.389. The summed E-state index contributed by atoms with van der Waals surface area (Å²) in [6.45, 7) is 7.28. The van der Waals surface area contributed by atoms with Gasteiger partial charge in [0.05, 0.1) is 40.5 Å². The highest BCUT2D eigenvalue weighted by Gasteiger charge is 2.27. The number of nitrogens with one attached hydrogen (secondary N) is 1. The van der Waals surface area contributed by atoms with Crippen LogP contribution in [0.2, 0.25) is 0 Å². The van der Waals surface area contributed by atoms with Gasteiger partial charge < -0.3 is 19.4 Å². The lowest BCUT2D eigenvalue weighted by Crippen LogP contribution is -2.19. The number of carbonyl (C=O) groups is 3. The summed E-state index contributed by atoms with van der Waals surface area (Å²) in [5.41, 5.74) is 2.51. The number of aryl methyl sites for hydroxylation is 2.